The van der Waals surface area contributed by atoms with Gasteiger partial charge in [0.25, 0.3) is 10.0 Å². The van der Waals surface area contributed by atoms with Crippen LogP contribution in [-0.4, -0.2) is 22.6 Å². The Morgan fingerprint density at radius 3 is 2.03 bits per heavy atom. The van der Waals surface area contributed by atoms with Crippen LogP contribution in [-0.2, 0) is 16.6 Å². The summed E-state index contributed by atoms with van der Waals surface area (Å²) in [6, 6.07) is 9.05. The average molecular weight is 488 g/mol. The molecule has 3 aromatic carbocycles. The number of ether oxygens (including phenoxy) is 2. The monoisotopic (exact) mass is 488 g/mol. The molecule has 0 saturated carbocycles. The van der Waals surface area contributed by atoms with Gasteiger partial charge in [-0.25, -0.2) is 30.4 Å². The minimum absolute atomic E-state index is 0.204. The van der Waals surface area contributed by atoms with Crippen LogP contribution < -0.4 is 19.5 Å². The van der Waals surface area contributed by atoms with Crippen molar-refractivity contribution in [2.75, 3.05) is 24.3 Å². The third-order valence-corrected chi connectivity index (χ3v) is 5.95. The SMILES string of the molecule is COc1ccc(CNc2c(F)c(F)c(F)c(F)c2S(=O)(=O)Nc2ccc(OC)c(F)c2)cc1. The summed E-state index contributed by atoms with van der Waals surface area (Å²) < 4.78 is 108. The molecule has 0 aliphatic rings. The molecule has 0 unspecified atom stereocenters. The first kappa shape index (κ1) is 24.1. The molecule has 2 N–H and O–H groups in total. The predicted octanol–water partition coefficient (Wildman–Crippen LogP) is 4.81. The molecule has 12 heteroatoms. The molecular weight excluding hydrogens is 471 g/mol. The number of benzene rings is 3. The molecule has 0 atom stereocenters. The lowest BCUT2D eigenvalue weighted by molar-refractivity contribution is 0.386. The van der Waals surface area contributed by atoms with Gasteiger partial charge in [-0.2, -0.15) is 0 Å². The smallest absolute Gasteiger partial charge is 0.267 e. The summed E-state index contributed by atoms with van der Waals surface area (Å²) in [6.07, 6.45) is 0. The van der Waals surface area contributed by atoms with Crippen LogP contribution in [0.3, 0.4) is 0 Å². The summed E-state index contributed by atoms with van der Waals surface area (Å²) in [4.78, 5) is -1.51. The van der Waals surface area contributed by atoms with Crippen LogP contribution >= 0.6 is 0 Å². The number of sulfonamides is 1. The van der Waals surface area contributed by atoms with Crippen molar-refractivity contribution in [2.24, 2.45) is 0 Å². The van der Waals surface area contributed by atoms with E-state index in [1.54, 1.807) is 12.1 Å². The van der Waals surface area contributed by atoms with Crippen LogP contribution in [0.1, 0.15) is 5.56 Å². The standard InChI is InChI=1S/C21H17F5N2O4S/c1-31-13-6-3-11(4-7-13)10-27-20-18(25)16(23)17(24)19(26)21(20)33(29,30)28-12-5-8-15(32-2)14(22)9-12/h3-9,27-28H,10H2,1-2H3. The highest BCUT2D eigenvalue weighted by Crippen LogP contribution is 2.34. The van der Waals surface area contributed by atoms with Crippen molar-refractivity contribution in [1.82, 2.24) is 0 Å². The Hall–Kier alpha value is -3.54. The maximum absolute atomic E-state index is 14.6. The van der Waals surface area contributed by atoms with Crippen molar-refractivity contribution in [3.63, 3.8) is 0 Å². The van der Waals surface area contributed by atoms with E-state index in [4.69, 9.17) is 9.47 Å². The van der Waals surface area contributed by atoms with Gasteiger partial charge in [0, 0.05) is 12.6 Å². The fourth-order valence-electron chi connectivity index (χ4n) is 2.89. The zero-order chi connectivity index (χ0) is 24.3. The number of rotatable bonds is 8. The van der Waals surface area contributed by atoms with E-state index in [1.165, 1.54) is 26.4 Å². The Balaban J connectivity index is 2.02. The Kier molecular flexibility index (Phi) is 6.96. The lowest BCUT2D eigenvalue weighted by Crippen LogP contribution is -2.20. The zero-order valence-corrected chi connectivity index (χ0v) is 18.0. The molecule has 0 saturated heterocycles. The summed E-state index contributed by atoms with van der Waals surface area (Å²) in [5.74, 6) is -9.25. The normalized spacial score (nSPS) is 11.2. The van der Waals surface area contributed by atoms with Crippen LogP contribution in [0, 0.1) is 29.1 Å². The molecule has 0 aliphatic heterocycles. The Morgan fingerprint density at radius 2 is 1.45 bits per heavy atom. The molecule has 6 nitrogen and oxygen atoms in total. The first-order valence-electron chi connectivity index (χ1n) is 9.18. The summed E-state index contributed by atoms with van der Waals surface area (Å²) in [7, 11) is -2.43. The maximum atomic E-state index is 14.6. The van der Waals surface area contributed by atoms with Crippen LogP contribution in [0.4, 0.5) is 33.3 Å². The molecule has 33 heavy (non-hydrogen) atoms. The Morgan fingerprint density at radius 1 is 0.818 bits per heavy atom. The van der Waals surface area contributed by atoms with Crippen LogP contribution in [0.15, 0.2) is 47.4 Å². The second kappa shape index (κ2) is 9.53. The Bertz CT molecular complexity index is 1290. The van der Waals surface area contributed by atoms with Crippen molar-refractivity contribution in [2.45, 2.75) is 11.4 Å². The van der Waals surface area contributed by atoms with Gasteiger partial charge in [-0.05, 0) is 29.8 Å². The highest BCUT2D eigenvalue weighted by molar-refractivity contribution is 7.92. The number of nitrogens with one attached hydrogen (secondary N) is 2. The van der Waals surface area contributed by atoms with Crippen molar-refractivity contribution in [3.05, 3.63) is 77.1 Å². The highest BCUT2D eigenvalue weighted by atomic mass is 32.2. The Labute approximate surface area is 186 Å². The van der Waals surface area contributed by atoms with E-state index >= 15 is 0 Å². The van der Waals surface area contributed by atoms with E-state index in [0.717, 1.165) is 18.2 Å². The molecule has 0 fully saturated rings. The van der Waals surface area contributed by atoms with Crippen molar-refractivity contribution < 1.29 is 39.8 Å². The topological polar surface area (TPSA) is 76.7 Å². The summed E-state index contributed by atoms with van der Waals surface area (Å²) in [6.45, 7) is -0.273. The van der Waals surface area contributed by atoms with Gasteiger partial charge in [-0.15, -0.1) is 0 Å². The van der Waals surface area contributed by atoms with Gasteiger partial charge in [0.1, 0.15) is 5.75 Å². The fraction of sp³-hybridized carbons (Fsp3) is 0.143. The fourth-order valence-corrected chi connectivity index (χ4v) is 4.19. The quantitative estimate of drug-likeness (QED) is 0.270. The molecule has 0 aromatic heterocycles. The van der Waals surface area contributed by atoms with Crippen molar-refractivity contribution in [3.8, 4) is 11.5 Å². The van der Waals surface area contributed by atoms with Crippen LogP contribution in [0.2, 0.25) is 0 Å². The highest BCUT2D eigenvalue weighted by Gasteiger charge is 2.33. The third kappa shape index (κ3) is 4.95. The minimum atomic E-state index is -5.05. The number of halogens is 5. The molecule has 176 valence electrons. The molecule has 3 rings (SSSR count). The lowest BCUT2D eigenvalue weighted by atomic mass is 10.2. The summed E-state index contributed by atoms with van der Waals surface area (Å²) in [5.41, 5.74) is -1.06. The van der Waals surface area contributed by atoms with E-state index in [2.05, 4.69) is 5.32 Å². The number of anilines is 2. The summed E-state index contributed by atoms with van der Waals surface area (Å²) >= 11 is 0. The maximum Gasteiger partial charge on any atom is 0.267 e. The van der Waals surface area contributed by atoms with E-state index < -0.39 is 49.7 Å². The van der Waals surface area contributed by atoms with Crippen molar-refractivity contribution in [1.29, 1.82) is 0 Å². The van der Waals surface area contributed by atoms with E-state index in [-0.39, 0.29) is 18.0 Å². The molecule has 3 aromatic rings. The van der Waals surface area contributed by atoms with Gasteiger partial charge >= 0.3 is 0 Å². The van der Waals surface area contributed by atoms with E-state index in [9.17, 15) is 30.4 Å². The van der Waals surface area contributed by atoms with Gasteiger partial charge in [0.05, 0.1) is 25.6 Å². The number of hydrogen-bond acceptors (Lipinski definition) is 5. The van der Waals surface area contributed by atoms with Gasteiger partial charge < -0.3 is 14.8 Å². The van der Waals surface area contributed by atoms with Gasteiger partial charge in [-0.1, -0.05) is 12.1 Å². The van der Waals surface area contributed by atoms with Crippen LogP contribution in [0.5, 0.6) is 11.5 Å². The first-order valence-corrected chi connectivity index (χ1v) is 10.7. The average Bonchev–Trinajstić information content (AvgIpc) is 2.79. The molecule has 0 spiro atoms. The second-order valence-electron chi connectivity index (χ2n) is 6.62. The molecule has 0 heterocycles. The molecule has 0 bridgehead atoms. The minimum Gasteiger partial charge on any atom is -0.497 e. The predicted molar refractivity (Wildman–Crippen MR) is 110 cm³/mol. The van der Waals surface area contributed by atoms with Gasteiger partial charge in [-0.3, -0.25) is 4.72 Å². The number of hydrogen-bond donors (Lipinski definition) is 2. The lowest BCUT2D eigenvalue weighted by Gasteiger charge is -2.17. The first-order chi connectivity index (χ1) is 15.6. The zero-order valence-electron chi connectivity index (χ0n) is 17.2. The van der Waals surface area contributed by atoms with Crippen LogP contribution in [0.25, 0.3) is 0 Å². The largest absolute Gasteiger partial charge is 0.497 e. The third-order valence-electron chi connectivity index (χ3n) is 4.53. The number of methoxy groups -OCH3 is 2. The molecule has 0 radical (unpaired) electrons. The second-order valence-corrected chi connectivity index (χ2v) is 8.24. The van der Waals surface area contributed by atoms with Gasteiger partial charge in [0.15, 0.2) is 39.7 Å². The summed E-state index contributed by atoms with van der Waals surface area (Å²) in [5, 5.41) is 2.29. The molecule has 0 aliphatic carbocycles. The molecular formula is C21H17F5N2O4S. The van der Waals surface area contributed by atoms with E-state index in [1.807, 2.05) is 4.72 Å². The molecule has 0 amide bonds. The van der Waals surface area contributed by atoms with E-state index in [0.29, 0.717) is 11.3 Å². The van der Waals surface area contributed by atoms with Crippen molar-refractivity contribution >= 4 is 21.4 Å². The van der Waals surface area contributed by atoms with Gasteiger partial charge in [0.2, 0.25) is 0 Å².